The molecule has 0 saturated carbocycles. The molecule has 2 aromatic heterocycles. The zero-order valence-electron chi connectivity index (χ0n) is 25.4. The molecule has 232 valence electrons. The summed E-state index contributed by atoms with van der Waals surface area (Å²) in [4.78, 5) is 37.8. The van der Waals surface area contributed by atoms with E-state index in [4.69, 9.17) is 15.2 Å². The Labute approximate surface area is 272 Å². The van der Waals surface area contributed by atoms with Gasteiger partial charge in [0.05, 0.1) is 13.2 Å². The van der Waals surface area contributed by atoms with Crippen LogP contribution in [0.3, 0.4) is 0 Å². The van der Waals surface area contributed by atoms with E-state index >= 15 is 0 Å². The first kappa shape index (κ1) is 34.5. The molecule has 4 rings (SSSR count). The van der Waals surface area contributed by atoms with Gasteiger partial charge < -0.3 is 20.5 Å². The van der Waals surface area contributed by atoms with E-state index < -0.39 is 5.97 Å². The number of hydrogen-bond acceptors (Lipinski definition) is 8. The van der Waals surface area contributed by atoms with Crippen molar-refractivity contribution >= 4 is 74.8 Å². The molecular weight excluding hydrogens is 605 g/mol. The summed E-state index contributed by atoms with van der Waals surface area (Å²) >= 11 is 2.73. The lowest BCUT2D eigenvalue weighted by molar-refractivity contribution is -0.114. The van der Waals surface area contributed by atoms with Gasteiger partial charge in [-0.05, 0) is 26.0 Å². The van der Waals surface area contributed by atoms with Crippen LogP contribution in [0.2, 0.25) is 0 Å². The van der Waals surface area contributed by atoms with Gasteiger partial charge in [-0.2, -0.15) is 0 Å². The van der Waals surface area contributed by atoms with Crippen LogP contribution in [0.15, 0.2) is 97.2 Å². The third-order valence-electron chi connectivity index (χ3n) is 5.80. The molecule has 0 fully saturated rings. The number of rotatable bonds is 5. The largest absolute Gasteiger partial charge is 0.462 e. The fourth-order valence-corrected chi connectivity index (χ4v) is 6.04. The fourth-order valence-electron chi connectivity index (χ4n) is 3.95. The first-order valence-electron chi connectivity index (χ1n) is 14.3. The zero-order valence-corrected chi connectivity index (χ0v) is 27.0. The van der Waals surface area contributed by atoms with Crippen molar-refractivity contribution in [3.63, 3.8) is 0 Å². The van der Waals surface area contributed by atoms with E-state index in [0.29, 0.717) is 27.7 Å². The minimum absolute atomic E-state index is 0.227. The molecule has 9 heteroatoms. The number of carbonyl (C=O) groups is 3. The van der Waals surface area contributed by atoms with Crippen LogP contribution < -0.4 is 11.1 Å². The van der Waals surface area contributed by atoms with Crippen LogP contribution in [0.4, 0.5) is 10.0 Å². The van der Waals surface area contributed by atoms with E-state index in [2.05, 4.69) is 5.32 Å². The number of nitrogens with one attached hydrogen (secondary N) is 1. The summed E-state index contributed by atoms with van der Waals surface area (Å²) in [6.45, 7) is 5.55. The summed E-state index contributed by atoms with van der Waals surface area (Å²) in [7, 11) is 0. The molecule has 0 spiro atoms. The summed E-state index contributed by atoms with van der Waals surface area (Å²) in [6.07, 6.45) is 38.2. The number of nitrogens with two attached hydrogens (primary N) is 1. The SMILES string of the molecule is CCOC(=O)c1c(N)sc2c1C=CC=CC=CC=CC=C2.CCOC(=O)c1c(NC(C)=O)sc2c1C=CC=CC=CC=CC=C2. The van der Waals surface area contributed by atoms with Crippen molar-refractivity contribution in [3.05, 3.63) is 129 Å². The highest BCUT2D eigenvalue weighted by Crippen LogP contribution is 2.37. The molecule has 2 aliphatic carbocycles. The molecule has 0 unspecified atom stereocenters. The maximum Gasteiger partial charge on any atom is 0.341 e. The van der Waals surface area contributed by atoms with Crippen LogP contribution in [-0.4, -0.2) is 31.1 Å². The fraction of sp³-hybridized carbons (Fsp3) is 0.139. The average molecular weight is 641 g/mol. The van der Waals surface area contributed by atoms with Crippen LogP contribution in [0.5, 0.6) is 0 Å². The predicted octanol–water partition coefficient (Wildman–Crippen LogP) is 8.81. The van der Waals surface area contributed by atoms with E-state index in [9.17, 15) is 14.4 Å². The molecule has 2 heterocycles. The Morgan fingerprint density at radius 3 is 1.42 bits per heavy atom. The van der Waals surface area contributed by atoms with Gasteiger partial charge in [-0.15, -0.1) is 22.7 Å². The number of esters is 2. The normalized spacial score (nSPS) is 13.3. The summed E-state index contributed by atoms with van der Waals surface area (Å²) in [5.74, 6) is -1.05. The van der Waals surface area contributed by atoms with Gasteiger partial charge in [0, 0.05) is 27.8 Å². The van der Waals surface area contributed by atoms with Gasteiger partial charge in [0.25, 0.3) is 0 Å². The molecule has 2 aliphatic rings. The highest BCUT2D eigenvalue weighted by atomic mass is 32.1. The van der Waals surface area contributed by atoms with Crippen LogP contribution in [-0.2, 0) is 14.3 Å². The van der Waals surface area contributed by atoms with Gasteiger partial charge in [0.1, 0.15) is 21.1 Å². The first-order valence-corrected chi connectivity index (χ1v) is 15.9. The van der Waals surface area contributed by atoms with Crippen molar-refractivity contribution in [2.45, 2.75) is 20.8 Å². The predicted molar refractivity (Wildman–Crippen MR) is 190 cm³/mol. The van der Waals surface area contributed by atoms with E-state index in [1.165, 1.54) is 29.6 Å². The Morgan fingerprint density at radius 1 is 0.600 bits per heavy atom. The highest BCUT2D eigenvalue weighted by molar-refractivity contribution is 7.18. The Kier molecular flexibility index (Phi) is 14.3. The standard InChI is InChI=1S/C19H19NO3S.C17H17NO2S/c1-3-23-19(22)17-15-12-10-8-6-4-5-7-9-11-13-16(15)24-18(17)20-14(2)21;1-2-20-17(19)15-13-11-9-7-5-3-4-6-8-10-12-14(13)21-16(15)18/h4-13H,3H2,1-2H3,(H,20,21);3-12H,2,18H2,1H3. The Bertz CT molecular complexity index is 1670. The van der Waals surface area contributed by atoms with Crippen LogP contribution in [0, 0.1) is 0 Å². The number of carbonyl (C=O) groups excluding carboxylic acids is 3. The van der Waals surface area contributed by atoms with Crippen LogP contribution >= 0.6 is 22.7 Å². The molecule has 2 aromatic rings. The first-order chi connectivity index (χ1) is 21.9. The molecule has 7 nitrogen and oxygen atoms in total. The Hall–Kier alpha value is -4.99. The molecular formula is C36H36N2O5S2. The summed E-state index contributed by atoms with van der Waals surface area (Å²) in [5.41, 5.74) is 8.37. The second-order valence-electron chi connectivity index (χ2n) is 9.07. The van der Waals surface area contributed by atoms with Gasteiger partial charge in [-0.25, -0.2) is 9.59 Å². The summed E-state index contributed by atoms with van der Waals surface area (Å²) < 4.78 is 10.3. The molecule has 0 aliphatic heterocycles. The van der Waals surface area contributed by atoms with Crippen molar-refractivity contribution in [2.75, 3.05) is 24.3 Å². The number of amides is 1. The zero-order chi connectivity index (χ0) is 32.4. The maximum atomic E-state index is 12.4. The summed E-state index contributed by atoms with van der Waals surface area (Å²) in [5, 5.41) is 3.71. The van der Waals surface area contributed by atoms with Crippen molar-refractivity contribution in [1.29, 1.82) is 0 Å². The smallest absolute Gasteiger partial charge is 0.341 e. The van der Waals surface area contributed by atoms with E-state index in [1.807, 2.05) is 122 Å². The number of fused-ring (bicyclic) bond motifs is 2. The molecule has 0 saturated heterocycles. The van der Waals surface area contributed by atoms with Gasteiger partial charge in [-0.1, -0.05) is 109 Å². The highest BCUT2D eigenvalue weighted by Gasteiger charge is 2.23. The summed E-state index contributed by atoms with van der Waals surface area (Å²) in [6, 6.07) is 0. The third kappa shape index (κ3) is 10.6. The maximum absolute atomic E-state index is 12.4. The van der Waals surface area contributed by atoms with Gasteiger partial charge in [0.2, 0.25) is 5.91 Å². The number of nitrogen functional groups attached to an aromatic ring is 1. The third-order valence-corrected chi connectivity index (χ3v) is 7.89. The molecule has 0 radical (unpaired) electrons. The van der Waals surface area contributed by atoms with Crippen molar-refractivity contribution in [3.8, 4) is 0 Å². The topological polar surface area (TPSA) is 108 Å². The lowest BCUT2D eigenvalue weighted by Gasteiger charge is -2.05. The molecule has 0 atom stereocenters. The number of allylic oxidation sites excluding steroid dienone is 16. The van der Waals surface area contributed by atoms with Crippen LogP contribution in [0.1, 0.15) is 62.4 Å². The number of hydrogen-bond donors (Lipinski definition) is 2. The average Bonchev–Trinajstić information content (AvgIpc) is 3.48. The van der Waals surface area contributed by atoms with E-state index in [0.717, 1.165) is 20.9 Å². The monoisotopic (exact) mass is 640 g/mol. The van der Waals surface area contributed by atoms with Crippen molar-refractivity contribution < 1.29 is 23.9 Å². The number of ether oxygens (including phenoxy) is 2. The molecule has 0 bridgehead atoms. The second-order valence-corrected chi connectivity index (χ2v) is 11.2. The lowest BCUT2D eigenvalue weighted by atomic mass is 10.1. The van der Waals surface area contributed by atoms with Crippen molar-refractivity contribution in [1.82, 2.24) is 0 Å². The van der Waals surface area contributed by atoms with Crippen LogP contribution in [0.25, 0.3) is 24.3 Å². The minimum Gasteiger partial charge on any atom is -0.462 e. The molecule has 1 amide bonds. The van der Waals surface area contributed by atoms with Gasteiger partial charge in [-0.3, -0.25) is 4.79 Å². The number of anilines is 2. The van der Waals surface area contributed by atoms with Crippen molar-refractivity contribution in [2.24, 2.45) is 0 Å². The minimum atomic E-state index is -0.441. The van der Waals surface area contributed by atoms with Gasteiger partial charge in [0.15, 0.2) is 0 Å². The van der Waals surface area contributed by atoms with E-state index in [1.54, 1.807) is 13.8 Å². The lowest BCUT2D eigenvalue weighted by Crippen LogP contribution is -2.11. The molecule has 45 heavy (non-hydrogen) atoms. The second kappa shape index (κ2) is 18.6. The van der Waals surface area contributed by atoms with Gasteiger partial charge >= 0.3 is 11.9 Å². The molecule has 0 aromatic carbocycles. The molecule has 3 N–H and O–H groups in total. The van der Waals surface area contributed by atoms with E-state index in [-0.39, 0.29) is 18.5 Å². The quantitative estimate of drug-likeness (QED) is 0.316. The number of thiophene rings is 2. The Balaban J connectivity index is 0.000000248. The Morgan fingerprint density at radius 2 is 0.978 bits per heavy atom.